The summed E-state index contributed by atoms with van der Waals surface area (Å²) in [6, 6.07) is 23.9. The molecule has 5 heteroatoms. The van der Waals surface area contributed by atoms with Crippen molar-refractivity contribution < 1.29 is 9.47 Å². The lowest BCUT2D eigenvalue weighted by Gasteiger charge is -2.41. The summed E-state index contributed by atoms with van der Waals surface area (Å²) in [6.07, 6.45) is 6.38. The van der Waals surface area contributed by atoms with E-state index in [0.29, 0.717) is 0 Å². The summed E-state index contributed by atoms with van der Waals surface area (Å²) in [5, 5.41) is 2.39. The van der Waals surface area contributed by atoms with Gasteiger partial charge in [0.25, 0.3) is 0 Å². The first-order valence-corrected chi connectivity index (χ1v) is 16.8. The van der Waals surface area contributed by atoms with Crippen LogP contribution in [0.2, 0.25) is 0 Å². The van der Waals surface area contributed by atoms with Crippen molar-refractivity contribution in [2.45, 2.75) is 110 Å². The number of aromatic nitrogens is 2. The van der Waals surface area contributed by atoms with Gasteiger partial charge in [0.05, 0.1) is 11.0 Å². The van der Waals surface area contributed by atoms with Gasteiger partial charge < -0.3 is 9.47 Å². The standard InChI is InChI=1S/C41H47N3O2/c1-26-12-15-34-33(20-26)32-14-13-30(25-35(32)44(34)36-24-28(16-19-42-36)38(2,3)4)45-31-22-27(21-29(23-31)39(5,6)7)37-43-40(8)17-10-11-18-41(40,9)46-37/h12-16,19-25H,10-11,17-18H2,1-9H3/t40-,41-/m0/s1. The summed E-state index contributed by atoms with van der Waals surface area (Å²) in [5.41, 5.74) is 6.31. The summed E-state index contributed by atoms with van der Waals surface area (Å²) in [6.45, 7) is 20.1. The van der Waals surface area contributed by atoms with Crippen LogP contribution in [0.3, 0.4) is 0 Å². The number of aryl methyl sites for hydroxylation is 1. The molecule has 3 heterocycles. The molecule has 0 amide bonds. The second-order valence-electron chi connectivity index (χ2n) is 16.0. The maximum Gasteiger partial charge on any atom is 0.217 e. The second-order valence-corrected chi connectivity index (χ2v) is 16.0. The number of nitrogens with zero attached hydrogens (tertiary/aromatic N) is 3. The van der Waals surface area contributed by atoms with E-state index in [1.165, 1.54) is 40.3 Å². The summed E-state index contributed by atoms with van der Waals surface area (Å²) in [7, 11) is 0. The van der Waals surface area contributed by atoms with Crippen LogP contribution in [0.25, 0.3) is 27.6 Å². The molecule has 7 rings (SSSR count). The lowest BCUT2D eigenvalue weighted by atomic mass is 9.72. The Morgan fingerprint density at radius 2 is 1.50 bits per heavy atom. The molecule has 2 aliphatic rings. The van der Waals surface area contributed by atoms with E-state index in [1.807, 2.05) is 6.20 Å². The van der Waals surface area contributed by atoms with Crippen molar-refractivity contribution in [3.05, 3.63) is 95.2 Å². The minimum absolute atomic E-state index is 0.0110. The van der Waals surface area contributed by atoms with Crippen LogP contribution >= 0.6 is 0 Å². The molecule has 0 saturated heterocycles. The van der Waals surface area contributed by atoms with E-state index in [2.05, 4.69) is 134 Å². The number of rotatable bonds is 4. The van der Waals surface area contributed by atoms with E-state index in [4.69, 9.17) is 19.5 Å². The molecule has 1 saturated carbocycles. The Kier molecular flexibility index (Phi) is 6.94. The van der Waals surface area contributed by atoms with Gasteiger partial charge in [-0.15, -0.1) is 0 Å². The van der Waals surface area contributed by atoms with Crippen molar-refractivity contribution in [3.63, 3.8) is 0 Å². The average Bonchev–Trinajstić information content (AvgIpc) is 3.46. The molecule has 46 heavy (non-hydrogen) atoms. The van der Waals surface area contributed by atoms with E-state index in [0.717, 1.165) is 52.7 Å². The maximum atomic E-state index is 6.74. The SMILES string of the molecule is Cc1ccc2c(c1)c1ccc(Oc3cc(C4=N[C@@]5(C)CCCC[C@]5(C)O4)cc(C(C)(C)C)c3)cc1n2-c1cc(C(C)(C)C)ccn1. The molecular formula is C41H47N3O2. The van der Waals surface area contributed by atoms with Crippen molar-refractivity contribution in [1.29, 1.82) is 0 Å². The van der Waals surface area contributed by atoms with Crippen molar-refractivity contribution in [2.24, 2.45) is 4.99 Å². The van der Waals surface area contributed by atoms with Crippen molar-refractivity contribution >= 4 is 27.7 Å². The second kappa shape index (κ2) is 10.4. The molecule has 3 aromatic carbocycles. The maximum absolute atomic E-state index is 6.74. The topological polar surface area (TPSA) is 48.6 Å². The summed E-state index contributed by atoms with van der Waals surface area (Å²) in [5.74, 6) is 3.20. The Morgan fingerprint density at radius 1 is 0.739 bits per heavy atom. The molecule has 0 spiro atoms. The van der Waals surface area contributed by atoms with Crippen LogP contribution in [0.5, 0.6) is 11.5 Å². The number of ether oxygens (including phenoxy) is 2. The Morgan fingerprint density at radius 3 is 2.24 bits per heavy atom. The largest absolute Gasteiger partial charge is 0.469 e. The highest BCUT2D eigenvalue weighted by atomic mass is 16.5. The highest BCUT2D eigenvalue weighted by molar-refractivity contribution is 6.09. The number of hydrogen-bond acceptors (Lipinski definition) is 4. The number of benzene rings is 3. The quantitative estimate of drug-likeness (QED) is 0.203. The van der Waals surface area contributed by atoms with Gasteiger partial charge in [-0.05, 0) is 117 Å². The van der Waals surface area contributed by atoms with Gasteiger partial charge in [-0.1, -0.05) is 59.6 Å². The van der Waals surface area contributed by atoms with E-state index in [1.54, 1.807) is 0 Å². The summed E-state index contributed by atoms with van der Waals surface area (Å²) < 4.78 is 15.7. The van der Waals surface area contributed by atoms with Gasteiger partial charge in [0, 0.05) is 28.6 Å². The van der Waals surface area contributed by atoms with Crippen LogP contribution < -0.4 is 4.74 Å². The Balaban J connectivity index is 1.34. The Labute approximate surface area is 273 Å². The van der Waals surface area contributed by atoms with E-state index >= 15 is 0 Å². The number of aliphatic imine (C=N–C) groups is 1. The van der Waals surface area contributed by atoms with Crippen molar-refractivity contribution in [1.82, 2.24) is 9.55 Å². The molecule has 1 aliphatic heterocycles. The molecule has 0 unspecified atom stereocenters. The smallest absolute Gasteiger partial charge is 0.217 e. The van der Waals surface area contributed by atoms with Crippen LogP contribution in [0.4, 0.5) is 0 Å². The van der Waals surface area contributed by atoms with Crippen LogP contribution in [-0.2, 0) is 15.6 Å². The monoisotopic (exact) mass is 613 g/mol. The third-order valence-corrected chi connectivity index (χ3v) is 10.4. The Hall–Kier alpha value is -4.12. The van der Waals surface area contributed by atoms with Gasteiger partial charge in [-0.25, -0.2) is 9.98 Å². The average molecular weight is 614 g/mol. The fraction of sp³-hybridized carbons (Fsp3) is 0.415. The zero-order valence-corrected chi connectivity index (χ0v) is 28.9. The van der Waals surface area contributed by atoms with Crippen LogP contribution in [0.15, 0.2) is 77.9 Å². The van der Waals surface area contributed by atoms with E-state index < -0.39 is 0 Å². The first kappa shape index (κ1) is 30.5. The third-order valence-electron chi connectivity index (χ3n) is 10.4. The van der Waals surface area contributed by atoms with Gasteiger partial charge in [-0.3, -0.25) is 4.57 Å². The molecule has 5 nitrogen and oxygen atoms in total. The minimum atomic E-state index is -0.269. The fourth-order valence-electron chi connectivity index (χ4n) is 7.17. The van der Waals surface area contributed by atoms with E-state index in [9.17, 15) is 0 Å². The number of hydrogen-bond donors (Lipinski definition) is 0. The molecule has 1 fully saturated rings. The molecular weight excluding hydrogens is 566 g/mol. The molecule has 2 aromatic heterocycles. The molecule has 2 atom stereocenters. The molecule has 0 N–H and O–H groups in total. The number of fused-ring (bicyclic) bond motifs is 4. The van der Waals surface area contributed by atoms with E-state index in [-0.39, 0.29) is 22.0 Å². The predicted octanol–water partition coefficient (Wildman–Crippen LogP) is 10.7. The van der Waals surface area contributed by atoms with Gasteiger partial charge in [0.2, 0.25) is 5.90 Å². The Bertz CT molecular complexity index is 2020. The molecule has 5 aromatic rings. The molecule has 1 aliphatic carbocycles. The van der Waals surface area contributed by atoms with Crippen molar-refractivity contribution in [3.8, 4) is 17.3 Å². The van der Waals surface area contributed by atoms with Gasteiger partial charge in [0.1, 0.15) is 28.5 Å². The highest BCUT2D eigenvalue weighted by Crippen LogP contribution is 2.48. The zero-order valence-electron chi connectivity index (χ0n) is 28.9. The normalized spacial score (nSPS) is 21.7. The molecule has 0 bridgehead atoms. The third kappa shape index (κ3) is 5.18. The van der Waals surface area contributed by atoms with Crippen LogP contribution in [-0.4, -0.2) is 26.6 Å². The summed E-state index contributed by atoms with van der Waals surface area (Å²) >= 11 is 0. The first-order valence-electron chi connectivity index (χ1n) is 16.8. The van der Waals surface area contributed by atoms with Crippen LogP contribution in [0, 0.1) is 6.92 Å². The highest BCUT2D eigenvalue weighted by Gasteiger charge is 2.53. The lowest BCUT2D eigenvalue weighted by molar-refractivity contribution is 0.000923. The molecule has 0 radical (unpaired) electrons. The van der Waals surface area contributed by atoms with Crippen LogP contribution in [0.1, 0.15) is 103 Å². The molecule has 238 valence electrons. The van der Waals surface area contributed by atoms with Gasteiger partial charge >= 0.3 is 0 Å². The fourth-order valence-corrected chi connectivity index (χ4v) is 7.17. The predicted molar refractivity (Wildman–Crippen MR) is 190 cm³/mol. The number of pyridine rings is 1. The lowest BCUT2D eigenvalue weighted by Crippen LogP contribution is -2.49. The van der Waals surface area contributed by atoms with Crippen molar-refractivity contribution in [2.75, 3.05) is 0 Å². The summed E-state index contributed by atoms with van der Waals surface area (Å²) in [4.78, 5) is 10.1. The zero-order chi connectivity index (χ0) is 32.6. The van der Waals surface area contributed by atoms with Gasteiger partial charge in [0.15, 0.2) is 0 Å². The minimum Gasteiger partial charge on any atom is -0.469 e. The van der Waals surface area contributed by atoms with Gasteiger partial charge in [-0.2, -0.15) is 0 Å². The first-order chi connectivity index (χ1) is 21.6.